The molecule has 0 aliphatic carbocycles. The Bertz CT molecular complexity index is 990. The van der Waals surface area contributed by atoms with Crippen LogP contribution in [0.2, 0.25) is 0 Å². The first-order chi connectivity index (χ1) is 13.6. The maximum Gasteiger partial charge on any atom is 0.485 e. The van der Waals surface area contributed by atoms with E-state index in [1.54, 1.807) is 0 Å². The summed E-state index contributed by atoms with van der Waals surface area (Å²) >= 11 is 0. The Morgan fingerprint density at radius 3 is 1.28 bits per heavy atom. The fourth-order valence-electron chi connectivity index (χ4n) is 3.27. The minimum atomic E-state index is -6.09. The predicted molar refractivity (Wildman–Crippen MR) is 122 cm³/mol. The smallest absolute Gasteiger partial charge is 0.485 e. The minimum Gasteiger partial charge on any atom is -0.741 e. The van der Waals surface area contributed by atoms with E-state index in [1.165, 1.54) is 38.9 Å². The lowest BCUT2D eigenvalue weighted by Crippen LogP contribution is -3.00. The van der Waals surface area contributed by atoms with Gasteiger partial charge >= 0.3 is 5.51 Å². The minimum absolute atomic E-state index is 0. The van der Waals surface area contributed by atoms with Crippen molar-refractivity contribution in [3.8, 4) is 11.1 Å². The Balaban J connectivity index is 0.000000917. The van der Waals surface area contributed by atoms with E-state index in [-0.39, 0.29) is 34.8 Å². The predicted octanol–water partition coefficient (Wildman–Crippen LogP) is 3.39. The fourth-order valence-corrected chi connectivity index (χ4v) is 3.27. The van der Waals surface area contributed by atoms with Crippen LogP contribution in [0.15, 0.2) is 30.3 Å². The van der Waals surface area contributed by atoms with Gasteiger partial charge < -0.3 is 4.55 Å². The summed E-state index contributed by atoms with van der Waals surface area (Å²) in [6, 6.07) is 11.8. The summed E-state index contributed by atoms with van der Waals surface area (Å²) in [5.74, 6) is 0. The van der Waals surface area contributed by atoms with E-state index in [2.05, 4.69) is 92.6 Å². The number of benzene rings is 2. The van der Waals surface area contributed by atoms with E-state index in [0.29, 0.717) is 0 Å². The number of hydrogen-bond acceptors (Lipinski definition) is 3. The highest BCUT2D eigenvalue weighted by molar-refractivity contribution is 7.86. The molecule has 0 saturated carbocycles. The van der Waals surface area contributed by atoms with Crippen molar-refractivity contribution in [1.29, 1.82) is 0 Å². The molecule has 0 unspecified atom stereocenters. The van der Waals surface area contributed by atoms with Crippen LogP contribution in [-0.4, -0.2) is 18.5 Å². The van der Waals surface area contributed by atoms with Gasteiger partial charge in [0.05, 0.1) is 0 Å². The lowest BCUT2D eigenvalue weighted by atomic mass is 9.78. The van der Waals surface area contributed by atoms with Crippen LogP contribution in [0.5, 0.6) is 0 Å². The standard InChI is InChI=1S/C23H32.CHF3O3S.H2I/c1-15-10-16(2)21(17(3)11-15)18-12-19(22(4,5)6)14-20(13-18)23(7,8)9;2-1(3,4)8(5,6)7;/h10-14H,1-9H3;(H,5,6,7);1H2/q;;+1/p-1. The summed E-state index contributed by atoms with van der Waals surface area (Å²) in [5.41, 5.74) is 4.33. The van der Waals surface area contributed by atoms with Crippen molar-refractivity contribution in [2.75, 3.05) is 0 Å². The van der Waals surface area contributed by atoms with E-state index < -0.39 is 15.6 Å². The zero-order valence-electron chi connectivity index (χ0n) is 20.1. The average molecular weight is 586 g/mol. The van der Waals surface area contributed by atoms with Crippen LogP contribution < -0.4 is 24.0 Å². The third kappa shape index (κ3) is 8.33. The van der Waals surface area contributed by atoms with Gasteiger partial charge in [-0.05, 0) is 65.0 Å². The van der Waals surface area contributed by atoms with Gasteiger partial charge in [0.15, 0.2) is 10.1 Å². The number of halogens is 4. The zero-order chi connectivity index (χ0) is 24.6. The van der Waals surface area contributed by atoms with Crippen molar-refractivity contribution in [3.05, 3.63) is 58.1 Å². The second-order valence-electron chi connectivity index (χ2n) is 9.97. The average Bonchev–Trinajstić information content (AvgIpc) is 2.50. The quantitative estimate of drug-likeness (QED) is 0.293. The molecule has 3 nitrogen and oxygen atoms in total. The van der Waals surface area contributed by atoms with Gasteiger partial charge in [-0.2, -0.15) is 13.2 Å². The normalized spacial score (nSPS) is 12.5. The van der Waals surface area contributed by atoms with E-state index in [0.717, 1.165) is 0 Å². The summed E-state index contributed by atoms with van der Waals surface area (Å²) < 4.78 is 58.9. The molecule has 0 N–H and O–H groups in total. The lowest BCUT2D eigenvalue weighted by molar-refractivity contribution is -0.0518. The molecule has 0 spiro atoms. The van der Waals surface area contributed by atoms with E-state index in [9.17, 15) is 13.2 Å². The van der Waals surface area contributed by atoms with Crippen LogP contribution in [0.1, 0.15) is 69.4 Å². The first kappa shape index (κ1) is 30.9. The SMILES string of the molecule is Cc1cc(C)c(-c2cc(C(C)(C)C)cc(C(C)(C)C)c2)c(C)c1.O=S(=O)([O-])C(F)(F)F.[IH2+]. The molecule has 0 amide bonds. The van der Waals surface area contributed by atoms with Gasteiger partial charge in [-0.25, -0.2) is 8.42 Å². The topological polar surface area (TPSA) is 57.2 Å². The maximum atomic E-state index is 10.7. The lowest BCUT2D eigenvalue weighted by Gasteiger charge is -2.27. The Morgan fingerprint density at radius 2 is 1.03 bits per heavy atom. The van der Waals surface area contributed by atoms with Crippen LogP contribution in [0.25, 0.3) is 11.1 Å². The molecule has 0 saturated heterocycles. The molecule has 2 aromatic carbocycles. The molecule has 0 aliphatic rings. The molecule has 0 atom stereocenters. The second kappa shape index (κ2) is 10.4. The number of hydrogen-bond donors (Lipinski definition) is 0. The molecule has 0 radical (unpaired) electrons. The molecule has 0 fully saturated rings. The van der Waals surface area contributed by atoms with Gasteiger partial charge in [-0.3, -0.25) is 0 Å². The Morgan fingerprint density at radius 1 is 0.719 bits per heavy atom. The molecule has 0 heterocycles. The number of aryl methyl sites for hydroxylation is 3. The van der Waals surface area contributed by atoms with Gasteiger partial charge in [0.1, 0.15) is 0 Å². The molecule has 0 aromatic heterocycles. The van der Waals surface area contributed by atoms with Gasteiger partial charge in [0.2, 0.25) is 24.0 Å². The van der Waals surface area contributed by atoms with Crippen molar-refractivity contribution in [2.45, 2.75) is 78.7 Å². The first-order valence-corrected chi connectivity index (χ1v) is 11.3. The van der Waals surface area contributed by atoms with Crippen molar-refractivity contribution < 1.29 is 50.1 Å². The van der Waals surface area contributed by atoms with Crippen molar-refractivity contribution >= 4 is 10.1 Å². The summed E-state index contributed by atoms with van der Waals surface area (Å²) in [6.45, 7) is 20.4. The molecular weight excluding hydrogens is 552 g/mol. The molecule has 32 heavy (non-hydrogen) atoms. The molecule has 0 bridgehead atoms. The largest absolute Gasteiger partial charge is 0.741 e. The summed E-state index contributed by atoms with van der Waals surface area (Å²) in [5, 5.41) is 0. The zero-order valence-corrected chi connectivity index (χ0v) is 23.5. The highest BCUT2D eigenvalue weighted by Crippen LogP contribution is 2.36. The number of rotatable bonds is 1. The third-order valence-electron chi connectivity index (χ3n) is 4.91. The van der Waals surface area contributed by atoms with Crippen molar-refractivity contribution in [1.82, 2.24) is 0 Å². The molecule has 2 rings (SSSR count). The van der Waals surface area contributed by atoms with Gasteiger partial charge in [-0.15, -0.1) is 0 Å². The molecule has 0 aliphatic heterocycles. The highest BCUT2D eigenvalue weighted by atomic mass is 127. The van der Waals surface area contributed by atoms with Gasteiger partial charge in [-0.1, -0.05) is 77.4 Å². The molecular formula is C24H34F3IO3S. The van der Waals surface area contributed by atoms with E-state index >= 15 is 0 Å². The van der Waals surface area contributed by atoms with Crippen LogP contribution in [0, 0.1) is 20.8 Å². The van der Waals surface area contributed by atoms with E-state index in [4.69, 9.17) is 13.0 Å². The maximum absolute atomic E-state index is 10.7. The molecule has 8 heteroatoms. The van der Waals surface area contributed by atoms with Crippen LogP contribution in [0.4, 0.5) is 13.2 Å². The summed E-state index contributed by atoms with van der Waals surface area (Å²) in [6.07, 6.45) is 0. The first-order valence-electron chi connectivity index (χ1n) is 9.91. The van der Waals surface area contributed by atoms with Crippen LogP contribution in [-0.2, 0) is 20.9 Å². The molecule has 182 valence electrons. The van der Waals surface area contributed by atoms with Crippen LogP contribution in [0.3, 0.4) is 0 Å². The third-order valence-corrected chi connectivity index (χ3v) is 5.48. The van der Waals surface area contributed by atoms with Gasteiger partial charge in [0, 0.05) is 0 Å². The number of alkyl halides is 3. The highest BCUT2D eigenvalue weighted by Gasteiger charge is 2.36. The summed E-state index contributed by atoms with van der Waals surface area (Å²) in [4.78, 5) is 0. The Hall–Kier alpha value is -1.13. The Kier molecular flexibility index (Phi) is 10.1. The second-order valence-corrected chi connectivity index (χ2v) is 11.3. The monoisotopic (exact) mass is 586 g/mol. The Labute approximate surface area is 207 Å². The fraction of sp³-hybridized carbons (Fsp3) is 0.500. The van der Waals surface area contributed by atoms with E-state index in [1.807, 2.05) is 0 Å². The molecule has 2 aromatic rings. The van der Waals surface area contributed by atoms with Crippen molar-refractivity contribution in [2.24, 2.45) is 0 Å². The summed E-state index contributed by atoms with van der Waals surface area (Å²) in [7, 11) is -6.09. The van der Waals surface area contributed by atoms with Crippen LogP contribution >= 0.6 is 0 Å². The van der Waals surface area contributed by atoms with Crippen molar-refractivity contribution in [3.63, 3.8) is 0 Å². The van der Waals surface area contributed by atoms with Gasteiger partial charge in [0.25, 0.3) is 0 Å².